The van der Waals surface area contributed by atoms with Crippen LogP contribution in [0.25, 0.3) is 10.2 Å². The Morgan fingerprint density at radius 3 is 2.20 bits per heavy atom. The maximum Gasteiger partial charge on any atom is 0.279 e. The molecule has 0 aliphatic heterocycles. The van der Waals surface area contributed by atoms with Gasteiger partial charge in [0, 0.05) is 38.1 Å². The number of sulfone groups is 1. The zero-order valence-electron chi connectivity index (χ0n) is 20.1. The lowest BCUT2D eigenvalue weighted by Crippen LogP contribution is -2.30. The first-order valence-corrected chi connectivity index (χ1v) is 15.3. The molecule has 9 nitrogen and oxygen atoms in total. The summed E-state index contributed by atoms with van der Waals surface area (Å²) in [6.07, 6.45) is 1.14. The lowest BCUT2D eigenvalue weighted by Gasteiger charge is -2.18. The fourth-order valence-corrected chi connectivity index (χ4v) is 6.79. The molecule has 0 saturated carbocycles. The van der Waals surface area contributed by atoms with Gasteiger partial charge in [0.2, 0.25) is 10.0 Å². The predicted molar refractivity (Wildman–Crippen MR) is 136 cm³/mol. The van der Waals surface area contributed by atoms with Gasteiger partial charge >= 0.3 is 0 Å². The molecule has 0 saturated heterocycles. The molecule has 190 valence electrons. The average Bonchev–Trinajstić information content (AvgIpc) is 3.15. The summed E-state index contributed by atoms with van der Waals surface area (Å²) in [5.41, 5.74) is 0.989. The molecule has 12 heteroatoms. The number of carbonyl (C=O) groups excluding carboxylic acids is 1. The highest BCUT2D eigenvalue weighted by molar-refractivity contribution is 7.90. The minimum Gasteiger partial charge on any atom is -0.380 e. The Morgan fingerprint density at radius 1 is 1.00 bits per heavy atom. The summed E-state index contributed by atoms with van der Waals surface area (Å²) in [5.74, 6) is -0.531. The first kappa shape index (κ1) is 27.2. The van der Waals surface area contributed by atoms with Gasteiger partial charge in [0.05, 0.1) is 26.6 Å². The molecule has 3 aromatic rings. The van der Waals surface area contributed by atoms with Crippen LogP contribution in [0.1, 0.15) is 31.1 Å². The van der Waals surface area contributed by atoms with Crippen molar-refractivity contribution in [2.45, 2.75) is 37.1 Å². The van der Waals surface area contributed by atoms with Crippen LogP contribution in [0.3, 0.4) is 0 Å². The molecule has 3 rings (SSSR count). The van der Waals surface area contributed by atoms with Crippen LogP contribution in [-0.2, 0) is 31.1 Å². The van der Waals surface area contributed by atoms with Crippen molar-refractivity contribution in [3.05, 3.63) is 52.8 Å². The van der Waals surface area contributed by atoms with Crippen molar-refractivity contribution in [1.29, 1.82) is 0 Å². The van der Waals surface area contributed by atoms with Gasteiger partial charge < -0.3 is 9.30 Å². The summed E-state index contributed by atoms with van der Waals surface area (Å²) >= 11 is 1.21. The first-order chi connectivity index (χ1) is 16.5. The molecule has 0 radical (unpaired) electrons. The first-order valence-electron chi connectivity index (χ1n) is 11.1. The van der Waals surface area contributed by atoms with Crippen LogP contribution in [0.4, 0.5) is 0 Å². The minimum atomic E-state index is -3.63. The molecule has 0 aliphatic rings. The number of fused-ring (bicyclic) bond motifs is 1. The van der Waals surface area contributed by atoms with Gasteiger partial charge in [-0.25, -0.2) is 16.8 Å². The van der Waals surface area contributed by atoms with E-state index < -0.39 is 25.8 Å². The van der Waals surface area contributed by atoms with Gasteiger partial charge in [-0.05, 0) is 49.4 Å². The largest absolute Gasteiger partial charge is 0.380 e. The Hall–Kier alpha value is -2.38. The third-order valence-corrected chi connectivity index (χ3v) is 9.60. The molecule has 0 atom stereocenters. The molecule has 0 aliphatic carbocycles. The summed E-state index contributed by atoms with van der Waals surface area (Å²) in [5, 5.41) is 0. The van der Waals surface area contributed by atoms with Crippen LogP contribution in [0, 0.1) is 0 Å². The van der Waals surface area contributed by atoms with E-state index in [4.69, 9.17) is 4.74 Å². The van der Waals surface area contributed by atoms with E-state index in [2.05, 4.69) is 4.99 Å². The third-order valence-electron chi connectivity index (χ3n) is 5.39. The quantitative estimate of drug-likeness (QED) is 0.366. The summed E-state index contributed by atoms with van der Waals surface area (Å²) in [7, 11) is -7.02. The summed E-state index contributed by atoms with van der Waals surface area (Å²) < 4.78 is 58.6. The number of hydrogen-bond donors (Lipinski definition) is 0. The van der Waals surface area contributed by atoms with Crippen LogP contribution in [-0.4, -0.2) is 64.2 Å². The van der Waals surface area contributed by atoms with E-state index in [1.54, 1.807) is 26.0 Å². The minimum absolute atomic E-state index is 0.111. The number of nitrogens with zero attached hydrogens (tertiary/aromatic N) is 3. The third kappa shape index (κ3) is 6.07. The van der Waals surface area contributed by atoms with Gasteiger partial charge in [0.15, 0.2) is 14.6 Å². The van der Waals surface area contributed by atoms with Gasteiger partial charge in [0.25, 0.3) is 5.91 Å². The molecule has 1 amide bonds. The molecule has 1 aromatic heterocycles. The number of rotatable bonds is 10. The Labute approximate surface area is 209 Å². The van der Waals surface area contributed by atoms with E-state index in [1.807, 2.05) is 11.5 Å². The number of hydrogen-bond acceptors (Lipinski definition) is 7. The van der Waals surface area contributed by atoms with Gasteiger partial charge in [-0.15, -0.1) is 0 Å². The molecule has 1 heterocycles. The maximum atomic E-state index is 12.9. The zero-order chi connectivity index (χ0) is 25.8. The second-order valence-electron chi connectivity index (χ2n) is 7.67. The molecule has 2 aromatic carbocycles. The molecule has 0 N–H and O–H groups in total. The van der Waals surface area contributed by atoms with Crippen molar-refractivity contribution in [3.63, 3.8) is 0 Å². The Bertz CT molecular complexity index is 1480. The molecule has 0 spiro atoms. The number of benzene rings is 2. The smallest absolute Gasteiger partial charge is 0.279 e. The zero-order valence-corrected chi connectivity index (χ0v) is 22.5. The number of ether oxygens (including phenoxy) is 1. The van der Waals surface area contributed by atoms with Crippen LogP contribution in [0.2, 0.25) is 0 Å². The molecular weight excluding hydrogens is 510 g/mol. The highest BCUT2D eigenvalue weighted by Crippen LogP contribution is 2.22. The Balaban J connectivity index is 2.02. The number of amides is 1. The second-order valence-corrected chi connectivity index (χ2v) is 12.6. The molecule has 0 fully saturated rings. The summed E-state index contributed by atoms with van der Waals surface area (Å²) in [6.45, 7) is 7.48. The van der Waals surface area contributed by atoms with E-state index in [-0.39, 0.29) is 15.4 Å². The number of thiazole rings is 1. The van der Waals surface area contributed by atoms with Gasteiger partial charge in [0.1, 0.15) is 0 Å². The fourth-order valence-electron chi connectivity index (χ4n) is 3.52. The predicted octanol–water partition coefficient (Wildman–Crippen LogP) is 2.91. The lowest BCUT2D eigenvalue weighted by atomic mass is 10.2. The molecule has 0 unspecified atom stereocenters. The SMILES string of the molecule is CCOCCn1c(=NC(=O)c2ccc(S(=O)(=O)N(CC)CC)cc2)sc2cc(S(C)(=O)=O)ccc21. The van der Waals surface area contributed by atoms with Gasteiger partial charge in [-0.3, -0.25) is 4.79 Å². The highest BCUT2D eigenvalue weighted by Gasteiger charge is 2.22. The standard InChI is InChI=1S/C23H29N3O6S3/c1-5-25(6-2)35(30,31)18-10-8-17(9-11-18)22(27)24-23-26(14-15-32-7-3)20-13-12-19(34(4,28)29)16-21(20)33-23/h8-13,16H,5-7,14-15H2,1-4H3. The maximum absolute atomic E-state index is 12.9. The number of aromatic nitrogens is 1. The van der Waals surface area contributed by atoms with Crippen molar-refractivity contribution in [2.24, 2.45) is 4.99 Å². The second kappa shape index (κ2) is 11.1. The molecule has 0 bridgehead atoms. The van der Waals surface area contributed by atoms with Crippen LogP contribution in [0.5, 0.6) is 0 Å². The average molecular weight is 540 g/mol. The van der Waals surface area contributed by atoms with Crippen LogP contribution >= 0.6 is 11.3 Å². The Kier molecular flexibility index (Phi) is 8.65. The number of sulfonamides is 1. The van der Waals surface area contributed by atoms with E-state index in [9.17, 15) is 21.6 Å². The number of carbonyl (C=O) groups is 1. The van der Waals surface area contributed by atoms with Crippen molar-refractivity contribution in [3.8, 4) is 0 Å². The monoisotopic (exact) mass is 539 g/mol. The van der Waals surface area contributed by atoms with Crippen molar-refractivity contribution in [1.82, 2.24) is 8.87 Å². The van der Waals surface area contributed by atoms with E-state index in [0.29, 0.717) is 42.3 Å². The summed E-state index contributed by atoms with van der Waals surface area (Å²) in [6, 6.07) is 10.5. The highest BCUT2D eigenvalue weighted by atomic mass is 32.2. The fraction of sp³-hybridized carbons (Fsp3) is 0.391. The normalized spacial score (nSPS) is 13.1. The molecular formula is C23H29N3O6S3. The van der Waals surface area contributed by atoms with Gasteiger partial charge in [-0.1, -0.05) is 25.2 Å². The van der Waals surface area contributed by atoms with E-state index in [1.165, 1.54) is 46.0 Å². The topological polar surface area (TPSA) is 115 Å². The van der Waals surface area contributed by atoms with Crippen LogP contribution < -0.4 is 4.80 Å². The van der Waals surface area contributed by atoms with Crippen molar-refractivity contribution in [2.75, 3.05) is 32.6 Å². The van der Waals surface area contributed by atoms with E-state index in [0.717, 1.165) is 11.8 Å². The van der Waals surface area contributed by atoms with E-state index >= 15 is 0 Å². The summed E-state index contributed by atoms with van der Waals surface area (Å²) in [4.78, 5) is 17.9. The Morgan fingerprint density at radius 2 is 1.63 bits per heavy atom. The molecule has 35 heavy (non-hydrogen) atoms. The van der Waals surface area contributed by atoms with Crippen LogP contribution in [0.15, 0.2) is 57.2 Å². The van der Waals surface area contributed by atoms with Crippen molar-refractivity contribution < 1.29 is 26.4 Å². The lowest BCUT2D eigenvalue weighted by molar-refractivity contribution is 0.0996. The van der Waals surface area contributed by atoms with Gasteiger partial charge in [-0.2, -0.15) is 9.30 Å². The van der Waals surface area contributed by atoms with Crippen molar-refractivity contribution >= 4 is 47.3 Å².